The van der Waals surface area contributed by atoms with E-state index < -0.39 is 0 Å². The summed E-state index contributed by atoms with van der Waals surface area (Å²) in [6.45, 7) is 8.07. The molecule has 0 amide bonds. The minimum Gasteiger partial charge on any atom is -0.493 e. The highest BCUT2D eigenvalue weighted by molar-refractivity contribution is 5.42. The van der Waals surface area contributed by atoms with Crippen LogP contribution < -0.4 is 14.8 Å². The Labute approximate surface area is 110 Å². The van der Waals surface area contributed by atoms with Crippen LogP contribution in [0.4, 0.5) is 0 Å². The molecule has 1 rings (SSSR count). The fraction of sp³-hybridized carbons (Fsp3) is 0.600. The van der Waals surface area contributed by atoms with Crippen molar-refractivity contribution in [3.8, 4) is 11.5 Å². The number of ether oxygens (including phenoxy) is 2. The second-order valence-electron chi connectivity index (χ2n) is 5.32. The summed E-state index contributed by atoms with van der Waals surface area (Å²) in [5, 5.41) is 3.18. The Kier molecular flexibility index (Phi) is 5.48. The van der Waals surface area contributed by atoms with Crippen molar-refractivity contribution < 1.29 is 9.47 Å². The standard InChI is InChI=1S/C15H25NO2/c1-6-12-7-8-13(14(9-12)17-5)18-11-15(2,3)10-16-4/h7-9,16H,6,10-11H2,1-5H3. The molecule has 18 heavy (non-hydrogen) atoms. The van der Waals surface area contributed by atoms with Gasteiger partial charge in [-0.1, -0.05) is 26.8 Å². The van der Waals surface area contributed by atoms with Crippen molar-refractivity contribution in [2.24, 2.45) is 5.41 Å². The fourth-order valence-corrected chi connectivity index (χ4v) is 1.85. The highest BCUT2D eigenvalue weighted by Gasteiger charge is 2.18. The van der Waals surface area contributed by atoms with Crippen LogP contribution in [0.3, 0.4) is 0 Å². The van der Waals surface area contributed by atoms with Crippen LogP contribution in [0.1, 0.15) is 26.3 Å². The van der Waals surface area contributed by atoms with Crippen molar-refractivity contribution in [2.75, 3.05) is 27.3 Å². The van der Waals surface area contributed by atoms with Crippen molar-refractivity contribution in [1.29, 1.82) is 0 Å². The molecule has 3 nitrogen and oxygen atoms in total. The van der Waals surface area contributed by atoms with Crippen LogP contribution in [-0.2, 0) is 6.42 Å². The number of methoxy groups -OCH3 is 1. The van der Waals surface area contributed by atoms with Crippen molar-refractivity contribution in [3.63, 3.8) is 0 Å². The van der Waals surface area contributed by atoms with Crippen LogP contribution in [-0.4, -0.2) is 27.3 Å². The van der Waals surface area contributed by atoms with Gasteiger partial charge < -0.3 is 14.8 Å². The molecule has 0 saturated heterocycles. The number of rotatable bonds is 7. The monoisotopic (exact) mass is 251 g/mol. The molecule has 0 bridgehead atoms. The molecular weight excluding hydrogens is 226 g/mol. The SMILES string of the molecule is CCc1ccc(OCC(C)(C)CNC)c(OC)c1. The van der Waals surface area contributed by atoms with E-state index in [1.807, 2.05) is 19.2 Å². The first kappa shape index (κ1) is 14.8. The average molecular weight is 251 g/mol. The molecule has 0 atom stereocenters. The molecule has 1 aromatic rings. The summed E-state index contributed by atoms with van der Waals surface area (Å²) >= 11 is 0. The third-order valence-electron chi connectivity index (χ3n) is 2.91. The molecule has 0 fully saturated rings. The van der Waals surface area contributed by atoms with Crippen LogP contribution in [0.5, 0.6) is 11.5 Å². The van der Waals surface area contributed by atoms with Crippen molar-refractivity contribution >= 4 is 0 Å². The summed E-state index contributed by atoms with van der Waals surface area (Å²) < 4.78 is 11.3. The van der Waals surface area contributed by atoms with Crippen LogP contribution in [0.2, 0.25) is 0 Å². The normalized spacial score (nSPS) is 11.4. The number of aryl methyl sites for hydroxylation is 1. The Morgan fingerprint density at radius 2 is 1.94 bits per heavy atom. The number of hydrogen-bond acceptors (Lipinski definition) is 3. The summed E-state index contributed by atoms with van der Waals surface area (Å²) in [5.41, 5.74) is 1.36. The van der Waals surface area contributed by atoms with Gasteiger partial charge in [-0.15, -0.1) is 0 Å². The second-order valence-corrected chi connectivity index (χ2v) is 5.32. The van der Waals surface area contributed by atoms with Gasteiger partial charge in [-0.25, -0.2) is 0 Å². The van der Waals surface area contributed by atoms with Gasteiger partial charge in [0.1, 0.15) is 0 Å². The zero-order valence-corrected chi connectivity index (χ0v) is 12.2. The van der Waals surface area contributed by atoms with E-state index in [-0.39, 0.29) is 5.41 Å². The zero-order chi connectivity index (χ0) is 13.6. The van der Waals surface area contributed by atoms with E-state index in [2.05, 4.69) is 32.2 Å². The molecule has 1 aromatic carbocycles. The third kappa shape index (κ3) is 4.22. The summed E-state index contributed by atoms with van der Waals surface area (Å²) in [7, 11) is 3.64. The maximum atomic E-state index is 5.88. The van der Waals surface area contributed by atoms with E-state index in [1.165, 1.54) is 5.56 Å². The first-order valence-corrected chi connectivity index (χ1v) is 6.46. The molecular formula is C15H25NO2. The van der Waals surface area contributed by atoms with E-state index in [0.29, 0.717) is 6.61 Å². The molecule has 0 aromatic heterocycles. The van der Waals surface area contributed by atoms with Gasteiger partial charge in [-0.2, -0.15) is 0 Å². The Morgan fingerprint density at radius 1 is 1.22 bits per heavy atom. The molecule has 0 spiro atoms. The first-order chi connectivity index (χ1) is 8.52. The Morgan fingerprint density at radius 3 is 2.50 bits per heavy atom. The first-order valence-electron chi connectivity index (χ1n) is 6.46. The average Bonchev–Trinajstić information content (AvgIpc) is 2.36. The summed E-state index contributed by atoms with van der Waals surface area (Å²) in [6, 6.07) is 6.12. The van der Waals surface area contributed by atoms with E-state index >= 15 is 0 Å². The molecule has 0 unspecified atom stereocenters. The van der Waals surface area contributed by atoms with Gasteiger partial charge in [0.2, 0.25) is 0 Å². The lowest BCUT2D eigenvalue weighted by atomic mass is 9.95. The zero-order valence-electron chi connectivity index (χ0n) is 12.2. The highest BCUT2D eigenvalue weighted by Crippen LogP contribution is 2.29. The lowest BCUT2D eigenvalue weighted by Crippen LogP contribution is -2.32. The number of benzene rings is 1. The third-order valence-corrected chi connectivity index (χ3v) is 2.91. The van der Waals surface area contributed by atoms with E-state index in [0.717, 1.165) is 24.5 Å². The predicted octanol–water partition coefficient (Wildman–Crippen LogP) is 2.88. The quantitative estimate of drug-likeness (QED) is 0.808. The van der Waals surface area contributed by atoms with Gasteiger partial charge in [0.25, 0.3) is 0 Å². The minimum atomic E-state index is 0.100. The molecule has 102 valence electrons. The van der Waals surface area contributed by atoms with Gasteiger partial charge in [0.15, 0.2) is 11.5 Å². The Balaban J connectivity index is 2.72. The maximum Gasteiger partial charge on any atom is 0.161 e. The van der Waals surface area contributed by atoms with Gasteiger partial charge in [-0.05, 0) is 31.2 Å². The smallest absolute Gasteiger partial charge is 0.161 e. The minimum absolute atomic E-state index is 0.100. The summed E-state index contributed by atoms with van der Waals surface area (Å²) in [6.07, 6.45) is 1.00. The van der Waals surface area contributed by atoms with Crippen LogP contribution in [0.25, 0.3) is 0 Å². The molecule has 0 aliphatic rings. The van der Waals surface area contributed by atoms with Crippen LogP contribution in [0, 0.1) is 5.41 Å². The van der Waals surface area contributed by atoms with Crippen LogP contribution >= 0.6 is 0 Å². The second kappa shape index (κ2) is 6.64. The van der Waals surface area contributed by atoms with Crippen molar-refractivity contribution in [1.82, 2.24) is 5.32 Å². The lowest BCUT2D eigenvalue weighted by molar-refractivity contribution is 0.174. The van der Waals surface area contributed by atoms with Gasteiger partial charge >= 0.3 is 0 Å². The summed E-state index contributed by atoms with van der Waals surface area (Å²) in [5.74, 6) is 1.63. The molecule has 0 aliphatic carbocycles. The molecule has 0 radical (unpaired) electrons. The van der Waals surface area contributed by atoms with Crippen LogP contribution in [0.15, 0.2) is 18.2 Å². The predicted molar refractivity (Wildman–Crippen MR) is 75.6 cm³/mol. The van der Waals surface area contributed by atoms with Gasteiger partial charge in [-0.3, -0.25) is 0 Å². The van der Waals surface area contributed by atoms with Gasteiger partial charge in [0, 0.05) is 12.0 Å². The van der Waals surface area contributed by atoms with E-state index in [1.54, 1.807) is 7.11 Å². The van der Waals surface area contributed by atoms with Crippen molar-refractivity contribution in [3.05, 3.63) is 23.8 Å². The lowest BCUT2D eigenvalue weighted by Gasteiger charge is -2.25. The molecule has 3 heteroatoms. The molecule has 0 aliphatic heterocycles. The fourth-order valence-electron chi connectivity index (χ4n) is 1.85. The largest absolute Gasteiger partial charge is 0.493 e. The molecule has 0 saturated carbocycles. The van der Waals surface area contributed by atoms with E-state index in [9.17, 15) is 0 Å². The topological polar surface area (TPSA) is 30.5 Å². The molecule has 1 N–H and O–H groups in total. The maximum absolute atomic E-state index is 5.88. The number of hydrogen-bond donors (Lipinski definition) is 1. The highest BCUT2D eigenvalue weighted by atomic mass is 16.5. The molecule has 0 heterocycles. The van der Waals surface area contributed by atoms with E-state index in [4.69, 9.17) is 9.47 Å². The van der Waals surface area contributed by atoms with Crippen molar-refractivity contribution in [2.45, 2.75) is 27.2 Å². The number of nitrogens with one attached hydrogen (secondary N) is 1. The Hall–Kier alpha value is -1.22. The van der Waals surface area contributed by atoms with Gasteiger partial charge in [0.05, 0.1) is 13.7 Å². The summed E-state index contributed by atoms with van der Waals surface area (Å²) in [4.78, 5) is 0. The Bertz CT molecular complexity index is 375.